The van der Waals surface area contributed by atoms with Gasteiger partial charge in [-0.05, 0) is 18.2 Å². The van der Waals surface area contributed by atoms with Crippen LogP contribution in [0.4, 0.5) is 0 Å². The van der Waals surface area contributed by atoms with E-state index in [1.165, 1.54) is 96.3 Å². The van der Waals surface area contributed by atoms with Gasteiger partial charge in [0.2, 0.25) is 5.69 Å². The van der Waals surface area contributed by atoms with Crippen LogP contribution in [0.5, 0.6) is 0 Å². The summed E-state index contributed by atoms with van der Waals surface area (Å²) >= 11 is 5.74. The Morgan fingerprint density at radius 1 is 0.625 bits per heavy atom. The molecule has 0 atom stereocenters. The monoisotopic (exact) mass is 480 g/mol. The molecular weight excluding hydrogens is 439 g/mol. The van der Waals surface area contributed by atoms with Crippen molar-refractivity contribution < 1.29 is 30.9 Å². The normalized spacial score (nSPS) is 11.5. The van der Waals surface area contributed by atoms with Crippen LogP contribution < -0.4 is 0 Å². The molecule has 0 aliphatic rings. The molecule has 0 aliphatic carbocycles. The molecule has 24 heavy (non-hydrogen) atoms. The molecule has 0 aromatic rings. The topological polar surface area (TPSA) is 40.5 Å². The van der Waals surface area contributed by atoms with E-state index in [1.54, 1.807) is 0 Å². The molecule has 0 unspecified atom stereocenters. The van der Waals surface area contributed by atoms with Crippen LogP contribution in [0.3, 0.4) is 0 Å². The predicted octanol–water partition coefficient (Wildman–Crippen LogP) is 7.19. The number of hydrogen-bond acceptors (Lipinski definition) is 2. The molecule has 146 valence electrons. The Bertz CT molecular complexity index is 288. The van der Waals surface area contributed by atoms with E-state index in [2.05, 4.69) is 18.7 Å². The molecule has 0 saturated heterocycles. The summed E-state index contributed by atoms with van der Waals surface area (Å²) in [6.45, 7) is 2.28. The first kappa shape index (κ1) is 27.8. The van der Waals surface area contributed by atoms with Crippen LogP contribution in [-0.2, 0) is 32.9 Å². The smallest absolute Gasteiger partial charge is 0.242 e. The quantitative estimate of drug-likeness (QED) is 0.124. The Hall–Kier alpha value is 1.61. The third kappa shape index (κ3) is 25.8. The van der Waals surface area contributed by atoms with E-state index in [-0.39, 0.29) is 21.1 Å². The predicted molar refractivity (Wildman–Crippen MR) is 111 cm³/mol. The molecule has 0 aromatic carbocycles. The Morgan fingerprint density at radius 3 is 1.21 bits per heavy atom. The van der Waals surface area contributed by atoms with E-state index >= 15 is 0 Å². The third-order valence-corrected chi connectivity index (χ3v) is 7.57. The summed E-state index contributed by atoms with van der Waals surface area (Å²) in [6.07, 6.45) is 21.8. The summed E-state index contributed by atoms with van der Waals surface area (Å²) in [5, 5.41) is 0. The van der Waals surface area contributed by atoms with Gasteiger partial charge in [0.1, 0.15) is 0 Å². The molecule has 0 heterocycles. The number of rotatable bonds is 18. The van der Waals surface area contributed by atoms with E-state index in [0.717, 1.165) is 23.6 Å². The summed E-state index contributed by atoms with van der Waals surface area (Å²) < 4.78 is 0. The summed E-state index contributed by atoms with van der Waals surface area (Å²) in [7, 11) is 0. The van der Waals surface area contributed by atoms with Crippen LogP contribution in [0, 0.1) is 0 Å². The molecule has 0 saturated carbocycles. The maximum Gasteiger partial charge on any atom is 0.242 e. The van der Waals surface area contributed by atoms with Crippen molar-refractivity contribution in [1.82, 2.24) is 0 Å². The minimum atomic E-state index is -3.01. The zero-order valence-corrected chi connectivity index (χ0v) is 20.1. The van der Waals surface area contributed by atoms with Crippen LogP contribution in [0.1, 0.15) is 110 Å². The fourth-order valence-corrected chi connectivity index (χ4v) is 5.18. The second kappa shape index (κ2) is 20.9. The van der Waals surface area contributed by atoms with Crippen LogP contribution in [0.25, 0.3) is 0 Å². The van der Waals surface area contributed by atoms with Gasteiger partial charge in [-0.1, -0.05) is 115 Å². The third-order valence-electron chi connectivity index (χ3n) is 4.26. The fourth-order valence-electron chi connectivity index (χ4n) is 2.83. The Labute approximate surface area is 174 Å². The average Bonchev–Trinajstić information content (AvgIpc) is 2.49. The molecule has 0 rings (SSSR count). The fraction of sp³-hybridized carbons (Fsp3) is 1.00. The Morgan fingerprint density at radius 2 is 0.917 bits per heavy atom. The molecule has 0 aliphatic heterocycles. The average molecular weight is 479 g/mol. The van der Waals surface area contributed by atoms with Crippen molar-refractivity contribution in [3.8, 4) is 0 Å². The molecule has 0 aromatic heterocycles. The van der Waals surface area contributed by atoms with Crippen molar-refractivity contribution in [3.63, 3.8) is 0 Å². The van der Waals surface area contributed by atoms with Gasteiger partial charge in [-0.3, -0.25) is 0 Å². The molecule has 6 heteroatoms. The van der Waals surface area contributed by atoms with Gasteiger partial charge in [0.25, 0.3) is 0 Å². The van der Waals surface area contributed by atoms with Crippen LogP contribution in [0.15, 0.2) is 0 Å². The second-order valence-corrected chi connectivity index (χ2v) is 12.8. The second-order valence-electron chi connectivity index (χ2n) is 6.63. The number of unbranched alkanes of at least 4 members (excludes halogenated alkanes) is 15. The summed E-state index contributed by atoms with van der Waals surface area (Å²) in [5.74, 6) is 0.794. The van der Waals surface area contributed by atoms with Gasteiger partial charge in [-0.25, -0.2) is 0 Å². The number of hydrogen-bond donors (Lipinski definition) is 2. The van der Waals surface area contributed by atoms with Gasteiger partial charge in [-0.15, -0.1) is 0 Å². The first-order valence-electron chi connectivity index (χ1n) is 9.76. The van der Waals surface area contributed by atoms with E-state index in [1.807, 2.05) is 0 Å². The zero-order valence-electron chi connectivity index (χ0n) is 15.6. The van der Waals surface area contributed by atoms with Gasteiger partial charge >= 0.3 is 0 Å². The molecule has 0 bridgehead atoms. The standard InChI is InChI=1S/C18H39O2PS2.Mo/c1-2-3-4-5-6-7-8-9-10-11-12-13-14-15-16-17-18-23-21(19,20)22;/h2-18H2,1H3,(H2,19,20,22);. The van der Waals surface area contributed by atoms with Gasteiger partial charge < -0.3 is 9.79 Å². The Kier molecular flexibility index (Phi) is 24.2. The van der Waals surface area contributed by atoms with Crippen molar-refractivity contribution in [1.29, 1.82) is 0 Å². The van der Waals surface area contributed by atoms with Crippen LogP contribution in [-0.4, -0.2) is 15.5 Å². The maximum absolute atomic E-state index is 9.09. The van der Waals surface area contributed by atoms with E-state index in [9.17, 15) is 0 Å². The SMILES string of the molecule is CCCCCCCCCCCCCCCCCCSP(O)(O)=S.[Mo]. The van der Waals surface area contributed by atoms with Crippen molar-refractivity contribution in [2.75, 3.05) is 5.75 Å². The first-order chi connectivity index (χ1) is 11.1. The van der Waals surface area contributed by atoms with Crippen molar-refractivity contribution in [2.45, 2.75) is 110 Å². The minimum absolute atomic E-state index is 0. The van der Waals surface area contributed by atoms with E-state index < -0.39 is 5.69 Å². The van der Waals surface area contributed by atoms with Gasteiger partial charge in [0, 0.05) is 26.8 Å². The minimum Gasteiger partial charge on any atom is -0.338 e. The van der Waals surface area contributed by atoms with Crippen molar-refractivity contribution in [2.24, 2.45) is 0 Å². The first-order valence-corrected chi connectivity index (χ1v) is 14.1. The van der Waals surface area contributed by atoms with Crippen LogP contribution >= 0.6 is 17.1 Å². The van der Waals surface area contributed by atoms with Gasteiger partial charge in [0.05, 0.1) is 0 Å². The molecular formula is C18H39MoO2PS2. The maximum atomic E-state index is 9.09. The largest absolute Gasteiger partial charge is 0.338 e. The van der Waals surface area contributed by atoms with Crippen molar-refractivity contribution in [3.05, 3.63) is 0 Å². The van der Waals surface area contributed by atoms with Gasteiger partial charge in [0.15, 0.2) is 0 Å². The Balaban J connectivity index is 0. The summed E-state index contributed by atoms with van der Waals surface area (Å²) in [4.78, 5) is 18.2. The summed E-state index contributed by atoms with van der Waals surface area (Å²) in [5.41, 5.74) is -3.01. The van der Waals surface area contributed by atoms with Gasteiger partial charge in [-0.2, -0.15) is 0 Å². The molecule has 0 radical (unpaired) electrons. The van der Waals surface area contributed by atoms with E-state index in [4.69, 9.17) is 9.79 Å². The zero-order chi connectivity index (χ0) is 17.2. The van der Waals surface area contributed by atoms with E-state index in [0.29, 0.717) is 0 Å². The molecule has 2 N–H and O–H groups in total. The van der Waals surface area contributed by atoms with Crippen LogP contribution in [0.2, 0.25) is 0 Å². The molecule has 0 fully saturated rings. The van der Waals surface area contributed by atoms with Crippen molar-refractivity contribution >= 4 is 28.9 Å². The molecule has 0 spiro atoms. The molecule has 0 amide bonds. The molecule has 2 nitrogen and oxygen atoms in total. The summed E-state index contributed by atoms with van der Waals surface area (Å²) in [6, 6.07) is 0.